The average Bonchev–Trinajstić information content (AvgIpc) is 3.72. The minimum Gasteiger partial charge on any atom is -0.497 e. The Morgan fingerprint density at radius 3 is 1.73 bits per heavy atom. The molecule has 6 atom stereocenters. The molecule has 3 aromatic carbocycles. The van der Waals surface area contributed by atoms with E-state index in [2.05, 4.69) is 129 Å². The van der Waals surface area contributed by atoms with Gasteiger partial charge in [-0.1, -0.05) is 123 Å². The first-order chi connectivity index (χ1) is 34.8. The van der Waals surface area contributed by atoms with Crippen LogP contribution < -0.4 is 20.7 Å². The molecule has 398 valence electrons. The fraction of sp³-hybridized carbons (Fsp3) is 0.561. The molecule has 73 heavy (non-hydrogen) atoms. The van der Waals surface area contributed by atoms with E-state index in [-0.39, 0.29) is 41.9 Å². The van der Waals surface area contributed by atoms with E-state index in [1.54, 1.807) is 14.2 Å². The zero-order valence-electron chi connectivity index (χ0n) is 46.1. The van der Waals surface area contributed by atoms with Crippen molar-refractivity contribution in [3.63, 3.8) is 0 Å². The van der Waals surface area contributed by atoms with Crippen LogP contribution in [0.2, 0.25) is 34.8 Å². The third kappa shape index (κ3) is 13.4. The highest BCUT2D eigenvalue weighted by Gasteiger charge is 2.55. The lowest BCUT2D eigenvalue weighted by Crippen LogP contribution is -2.50. The number of nitrogens with zero attached hydrogens (tertiary/aromatic N) is 3. The molecule has 0 saturated carbocycles. The van der Waals surface area contributed by atoms with Gasteiger partial charge >= 0.3 is 5.69 Å². The molecular weight excluding hydrogens is 972 g/mol. The number of methoxy groups -OCH3 is 2. The summed E-state index contributed by atoms with van der Waals surface area (Å²) >= 11 is 0. The zero-order chi connectivity index (χ0) is 53.7. The van der Waals surface area contributed by atoms with Crippen LogP contribution in [-0.4, -0.2) is 94.3 Å². The van der Waals surface area contributed by atoms with E-state index in [1.807, 2.05) is 66.7 Å². The summed E-state index contributed by atoms with van der Waals surface area (Å²) in [5, 5.41) is 10.1. The third-order valence-corrected chi connectivity index (χ3v) is 28.2. The van der Waals surface area contributed by atoms with Crippen molar-refractivity contribution >= 4 is 24.7 Å². The number of aromatic amines is 1. The Kier molecular flexibility index (Phi) is 21.9. The quantitative estimate of drug-likeness (QED) is 0.0211. The maximum Gasteiger partial charge on any atom is 0.330 e. The Morgan fingerprint density at radius 1 is 0.753 bits per heavy atom. The van der Waals surface area contributed by atoms with Crippen LogP contribution in [0.15, 0.2) is 101 Å². The van der Waals surface area contributed by atoms with Crippen molar-refractivity contribution in [2.24, 2.45) is 0 Å². The fourth-order valence-electron chi connectivity index (χ4n) is 11.0. The van der Waals surface area contributed by atoms with Gasteiger partial charge < -0.3 is 32.6 Å². The van der Waals surface area contributed by atoms with E-state index in [0.717, 1.165) is 34.8 Å². The van der Waals surface area contributed by atoms with Gasteiger partial charge in [-0.3, -0.25) is 19.0 Å². The number of benzene rings is 3. The average molecular weight is 1060 g/mol. The normalized spacial score (nSPS) is 18.4. The molecule has 0 spiro atoms. The summed E-state index contributed by atoms with van der Waals surface area (Å²) in [6.07, 6.45) is -3.10. The summed E-state index contributed by atoms with van der Waals surface area (Å²) in [6.45, 7) is 28.4. The lowest BCUT2D eigenvalue weighted by atomic mass is 9.79. The summed E-state index contributed by atoms with van der Waals surface area (Å²) in [5.41, 5.74) is 4.52. The Balaban J connectivity index is 1.91. The second kappa shape index (κ2) is 26.9. The molecule has 0 bridgehead atoms. The topological polar surface area (TPSA) is 147 Å². The Labute approximate surface area is 439 Å². The summed E-state index contributed by atoms with van der Waals surface area (Å²) in [4.78, 5) is 29.4. The number of rotatable bonds is 26. The largest absolute Gasteiger partial charge is 0.497 e. The van der Waals surface area contributed by atoms with E-state index < -0.39 is 72.2 Å². The molecule has 1 N–H and O–H groups in total. The summed E-state index contributed by atoms with van der Waals surface area (Å²) < 4.78 is 52.4. The van der Waals surface area contributed by atoms with Crippen molar-refractivity contribution in [1.29, 1.82) is 5.26 Å². The number of H-pyrrole nitrogens is 1. The second-order valence-corrected chi connectivity index (χ2v) is 32.7. The SMILES string of the molecule is CC[Si](C#C[C@H](OC(c1ccccc1)(c1ccc(OC)cc1)c1ccc(OC)cc1)[C@H]1O[C@@H](n2ccc(=O)[nH]c2=O)[C@H](OCO[Si](C(C)C)(C(C)C)C(C)C)[C@@H]1OP(CCC#N)N(C(C)C)C(C)C)(CC)CC. The van der Waals surface area contributed by atoms with Crippen LogP contribution >= 0.6 is 8.30 Å². The summed E-state index contributed by atoms with van der Waals surface area (Å²) in [5.74, 6) is 5.13. The van der Waals surface area contributed by atoms with Gasteiger partial charge in [-0.05, 0) is 103 Å². The van der Waals surface area contributed by atoms with E-state index in [4.69, 9.17) is 32.6 Å². The Morgan fingerprint density at radius 2 is 1.27 bits per heavy atom. The molecule has 0 amide bonds. The van der Waals surface area contributed by atoms with E-state index in [9.17, 15) is 14.9 Å². The lowest BCUT2D eigenvalue weighted by Gasteiger charge is -2.43. The molecule has 5 rings (SSSR count). The van der Waals surface area contributed by atoms with Crippen LogP contribution in [-0.2, 0) is 28.8 Å². The third-order valence-electron chi connectivity index (χ3n) is 14.9. The molecule has 1 saturated heterocycles. The van der Waals surface area contributed by atoms with Gasteiger partial charge in [0, 0.05) is 36.9 Å². The highest BCUT2D eigenvalue weighted by molar-refractivity contribution is 7.50. The number of hydrogen-bond donors (Lipinski definition) is 1. The first-order valence-corrected chi connectivity index (χ1v) is 32.4. The lowest BCUT2D eigenvalue weighted by molar-refractivity contribution is -0.126. The van der Waals surface area contributed by atoms with Crippen LogP contribution in [0.25, 0.3) is 0 Å². The smallest absolute Gasteiger partial charge is 0.330 e. The zero-order valence-corrected chi connectivity index (χ0v) is 49.0. The number of nitriles is 1. The molecule has 1 aromatic heterocycles. The van der Waals surface area contributed by atoms with Crippen molar-refractivity contribution in [3.05, 3.63) is 129 Å². The molecule has 0 aliphatic carbocycles. The molecule has 13 nitrogen and oxygen atoms in total. The molecule has 1 aliphatic rings. The van der Waals surface area contributed by atoms with Gasteiger partial charge in [0.2, 0.25) is 8.32 Å². The van der Waals surface area contributed by atoms with Gasteiger partial charge in [-0.25, -0.2) is 4.79 Å². The fourth-order valence-corrected chi connectivity index (χ4v) is 21.1. The number of hydrogen-bond acceptors (Lipinski definition) is 11. The van der Waals surface area contributed by atoms with Crippen LogP contribution in [0, 0.1) is 22.8 Å². The Bertz CT molecular complexity index is 2470. The minimum atomic E-state index is -2.51. The van der Waals surface area contributed by atoms with E-state index in [0.29, 0.717) is 17.7 Å². The standard InChI is InChI=1S/C57H83N4O9PSi2/c1-16-72(17-2,18-3)38-34-50(69-57(45-23-20-19-21-24-45,46-25-29-48(64-14)30-26-46)47-27-31-49(65-15)32-28-47)52-53(70-71(37-22-35-58)61(40(4)5)41(6)7)54(55(68-52)60-36-33-51(62)59-56(60)63)66-39-67-73(42(8)9,43(10)11)44(12)13/h19-21,23-33,36,40-44,50,52-55H,16-18,22,37,39H2,1-15H3,(H,59,62,63)/t50-,52+,53+,54+,55+,71?/m0/s1. The minimum absolute atomic E-state index is 0.0358. The van der Waals surface area contributed by atoms with Crippen molar-refractivity contribution in [2.45, 2.75) is 180 Å². The second-order valence-electron chi connectivity index (χ2n) is 20.5. The van der Waals surface area contributed by atoms with Gasteiger partial charge in [0.15, 0.2) is 6.23 Å². The first kappa shape index (κ1) is 59.5. The van der Waals surface area contributed by atoms with Crippen molar-refractivity contribution in [1.82, 2.24) is 14.2 Å². The summed E-state index contributed by atoms with van der Waals surface area (Å²) in [7, 11) is -2.98. The van der Waals surface area contributed by atoms with Crippen LogP contribution in [0.5, 0.6) is 11.5 Å². The van der Waals surface area contributed by atoms with Gasteiger partial charge in [0.25, 0.3) is 5.56 Å². The van der Waals surface area contributed by atoms with Crippen LogP contribution in [0.3, 0.4) is 0 Å². The summed E-state index contributed by atoms with van der Waals surface area (Å²) in [6, 6.07) is 32.3. The van der Waals surface area contributed by atoms with Gasteiger partial charge in [-0.15, -0.1) is 5.54 Å². The van der Waals surface area contributed by atoms with Gasteiger partial charge in [0.1, 0.15) is 64.7 Å². The molecule has 1 aliphatic heterocycles. The van der Waals surface area contributed by atoms with E-state index in [1.165, 1.54) is 16.8 Å². The van der Waals surface area contributed by atoms with Crippen LogP contribution in [0.1, 0.15) is 119 Å². The maximum atomic E-state index is 14.2. The first-order valence-electron chi connectivity index (χ1n) is 26.2. The number of nitrogens with one attached hydrogen (secondary N) is 1. The molecule has 4 aromatic rings. The van der Waals surface area contributed by atoms with E-state index >= 15 is 0 Å². The van der Waals surface area contributed by atoms with Crippen LogP contribution in [0.4, 0.5) is 0 Å². The van der Waals surface area contributed by atoms with Gasteiger partial charge in [0.05, 0.1) is 20.3 Å². The van der Waals surface area contributed by atoms with Crippen molar-refractivity contribution in [2.75, 3.05) is 27.2 Å². The molecule has 1 fully saturated rings. The van der Waals surface area contributed by atoms with Crippen molar-refractivity contribution < 1.29 is 32.6 Å². The Hall–Kier alpha value is -4.39. The highest BCUT2D eigenvalue weighted by Crippen LogP contribution is 2.52. The highest BCUT2D eigenvalue weighted by atomic mass is 31.2. The predicted molar refractivity (Wildman–Crippen MR) is 298 cm³/mol. The predicted octanol–water partition coefficient (Wildman–Crippen LogP) is 12.1. The number of aromatic nitrogens is 2. The van der Waals surface area contributed by atoms with Gasteiger partial charge in [-0.2, -0.15) is 5.26 Å². The maximum absolute atomic E-state index is 14.2. The molecular formula is C57H83N4O9PSi2. The number of ether oxygens (including phenoxy) is 5. The van der Waals surface area contributed by atoms with Crippen molar-refractivity contribution in [3.8, 4) is 29.0 Å². The molecule has 1 unspecified atom stereocenters. The molecule has 0 radical (unpaired) electrons. The monoisotopic (exact) mass is 1050 g/mol. The molecule has 2 heterocycles. The molecule has 16 heteroatoms.